The highest BCUT2D eigenvalue weighted by Gasteiger charge is 2.24. The Kier molecular flexibility index (Phi) is 5.17. The fraction of sp³-hybridized carbons (Fsp3) is 0.769. The Morgan fingerprint density at radius 1 is 1.40 bits per heavy atom. The Morgan fingerprint density at radius 2 is 2.10 bits per heavy atom. The number of hydrogen-bond acceptors (Lipinski definition) is 4. The van der Waals surface area contributed by atoms with Gasteiger partial charge in [0.05, 0.1) is 12.8 Å². The molecule has 2 rings (SSSR count). The first-order valence-electron chi connectivity index (χ1n) is 7.19. The molecule has 0 aliphatic carbocycles. The molecule has 0 radical (unpaired) electrons. The second kappa shape index (κ2) is 6.69. The van der Waals surface area contributed by atoms with Crippen LogP contribution in [0, 0.1) is 0 Å². The fourth-order valence-corrected chi connectivity index (χ4v) is 3.45. The third-order valence-electron chi connectivity index (χ3n) is 3.74. The Labute approximate surface area is 121 Å². The van der Waals surface area contributed by atoms with Crippen molar-refractivity contribution < 1.29 is 8.42 Å². The molecule has 1 aliphatic heterocycles. The fourth-order valence-electron chi connectivity index (χ4n) is 2.58. The molecule has 1 saturated heterocycles. The summed E-state index contributed by atoms with van der Waals surface area (Å²) in [5, 5.41) is 3.49. The molecule has 0 aromatic carbocycles. The SMILES string of the molecule is CCCn1ccnc1CNC1CCN(S(C)(=O)=O)CC1. The minimum atomic E-state index is -3.03. The largest absolute Gasteiger partial charge is 0.334 e. The van der Waals surface area contributed by atoms with Crippen LogP contribution in [0.1, 0.15) is 32.0 Å². The van der Waals surface area contributed by atoms with E-state index in [1.165, 1.54) is 6.26 Å². The highest BCUT2D eigenvalue weighted by atomic mass is 32.2. The summed E-state index contributed by atoms with van der Waals surface area (Å²) in [6, 6.07) is 0.375. The van der Waals surface area contributed by atoms with Gasteiger partial charge in [0.2, 0.25) is 10.0 Å². The van der Waals surface area contributed by atoms with Gasteiger partial charge < -0.3 is 9.88 Å². The van der Waals surface area contributed by atoms with Crippen LogP contribution in [0.15, 0.2) is 12.4 Å². The van der Waals surface area contributed by atoms with Crippen molar-refractivity contribution in [3.05, 3.63) is 18.2 Å². The molecule has 1 fully saturated rings. The van der Waals surface area contributed by atoms with E-state index in [1.54, 1.807) is 4.31 Å². The molecule has 20 heavy (non-hydrogen) atoms. The minimum Gasteiger partial charge on any atom is -0.334 e. The van der Waals surface area contributed by atoms with E-state index >= 15 is 0 Å². The summed E-state index contributed by atoms with van der Waals surface area (Å²) in [7, 11) is -3.03. The van der Waals surface area contributed by atoms with Gasteiger partial charge in [-0.3, -0.25) is 0 Å². The third-order valence-corrected chi connectivity index (χ3v) is 5.04. The maximum absolute atomic E-state index is 11.4. The predicted molar refractivity (Wildman–Crippen MR) is 78.8 cm³/mol. The van der Waals surface area contributed by atoms with E-state index in [0.717, 1.165) is 38.2 Å². The average molecular weight is 300 g/mol. The first-order valence-corrected chi connectivity index (χ1v) is 9.04. The number of rotatable bonds is 6. The number of aromatic nitrogens is 2. The van der Waals surface area contributed by atoms with Crippen molar-refractivity contribution in [3.8, 4) is 0 Å². The zero-order valence-electron chi connectivity index (χ0n) is 12.2. The maximum atomic E-state index is 11.4. The van der Waals surface area contributed by atoms with Crippen LogP contribution >= 0.6 is 0 Å². The van der Waals surface area contributed by atoms with Crippen molar-refractivity contribution in [1.82, 2.24) is 19.2 Å². The first kappa shape index (κ1) is 15.5. The molecule has 7 heteroatoms. The lowest BCUT2D eigenvalue weighted by Gasteiger charge is -2.30. The summed E-state index contributed by atoms with van der Waals surface area (Å²) in [5.41, 5.74) is 0. The van der Waals surface area contributed by atoms with Gasteiger partial charge in [-0.05, 0) is 19.3 Å². The summed E-state index contributed by atoms with van der Waals surface area (Å²) in [6.45, 7) is 5.11. The van der Waals surface area contributed by atoms with E-state index in [0.29, 0.717) is 19.1 Å². The van der Waals surface area contributed by atoms with Gasteiger partial charge in [0, 0.05) is 38.1 Å². The van der Waals surface area contributed by atoms with E-state index < -0.39 is 10.0 Å². The van der Waals surface area contributed by atoms with Gasteiger partial charge in [0.15, 0.2) is 0 Å². The van der Waals surface area contributed by atoms with Crippen LogP contribution < -0.4 is 5.32 Å². The van der Waals surface area contributed by atoms with Crippen molar-refractivity contribution in [2.75, 3.05) is 19.3 Å². The third kappa shape index (κ3) is 4.04. The zero-order chi connectivity index (χ0) is 14.6. The van der Waals surface area contributed by atoms with Crippen LogP contribution in [-0.4, -0.2) is 47.7 Å². The summed E-state index contributed by atoms with van der Waals surface area (Å²) < 4.78 is 26.6. The quantitative estimate of drug-likeness (QED) is 0.844. The van der Waals surface area contributed by atoms with Crippen LogP contribution in [0.2, 0.25) is 0 Å². The molecule has 0 unspecified atom stereocenters. The molecule has 0 bridgehead atoms. The van der Waals surface area contributed by atoms with Crippen LogP contribution in [0.5, 0.6) is 0 Å². The van der Waals surface area contributed by atoms with E-state index in [-0.39, 0.29) is 0 Å². The highest BCUT2D eigenvalue weighted by Crippen LogP contribution is 2.13. The van der Waals surface area contributed by atoms with Crippen molar-refractivity contribution in [3.63, 3.8) is 0 Å². The first-order chi connectivity index (χ1) is 9.50. The van der Waals surface area contributed by atoms with Crippen molar-refractivity contribution in [2.45, 2.75) is 45.3 Å². The molecule has 0 spiro atoms. The topological polar surface area (TPSA) is 67.2 Å². The zero-order valence-corrected chi connectivity index (χ0v) is 13.1. The molecule has 2 heterocycles. The molecule has 1 aromatic heterocycles. The lowest BCUT2D eigenvalue weighted by Crippen LogP contribution is -2.44. The summed E-state index contributed by atoms with van der Waals surface area (Å²) in [5.74, 6) is 1.05. The normalized spacial score (nSPS) is 18.5. The highest BCUT2D eigenvalue weighted by molar-refractivity contribution is 7.88. The van der Waals surface area contributed by atoms with Gasteiger partial charge in [-0.25, -0.2) is 17.7 Å². The maximum Gasteiger partial charge on any atom is 0.211 e. The Morgan fingerprint density at radius 3 is 2.70 bits per heavy atom. The predicted octanol–water partition coefficient (Wildman–Crippen LogP) is 0.807. The number of aryl methyl sites for hydroxylation is 1. The molecule has 1 N–H and O–H groups in total. The molecule has 1 aromatic rings. The Hall–Kier alpha value is -0.920. The number of nitrogens with one attached hydrogen (secondary N) is 1. The lowest BCUT2D eigenvalue weighted by molar-refractivity contribution is 0.288. The van der Waals surface area contributed by atoms with Gasteiger partial charge in [-0.2, -0.15) is 0 Å². The van der Waals surface area contributed by atoms with Gasteiger partial charge in [-0.15, -0.1) is 0 Å². The second-order valence-corrected chi connectivity index (χ2v) is 7.34. The Balaban J connectivity index is 1.80. The summed E-state index contributed by atoms with van der Waals surface area (Å²) in [6.07, 6.45) is 7.94. The molecule has 0 amide bonds. The van der Waals surface area contributed by atoms with E-state index in [4.69, 9.17) is 0 Å². The average Bonchev–Trinajstić information content (AvgIpc) is 2.84. The minimum absolute atomic E-state index is 0.375. The van der Waals surface area contributed by atoms with Crippen molar-refractivity contribution >= 4 is 10.0 Å². The number of nitrogens with zero attached hydrogens (tertiary/aromatic N) is 3. The van der Waals surface area contributed by atoms with Crippen molar-refractivity contribution in [2.24, 2.45) is 0 Å². The number of hydrogen-bond donors (Lipinski definition) is 1. The van der Waals surface area contributed by atoms with Crippen LogP contribution in [0.3, 0.4) is 0 Å². The lowest BCUT2D eigenvalue weighted by atomic mass is 10.1. The standard InChI is InChI=1S/C13H24N4O2S/c1-3-7-16-10-6-14-13(16)11-15-12-4-8-17(9-5-12)20(2,18)19/h6,10,12,15H,3-5,7-9,11H2,1-2H3. The smallest absolute Gasteiger partial charge is 0.211 e. The monoisotopic (exact) mass is 300 g/mol. The van der Waals surface area contributed by atoms with E-state index in [1.807, 2.05) is 12.4 Å². The number of imidazole rings is 1. The van der Waals surface area contributed by atoms with Crippen molar-refractivity contribution in [1.29, 1.82) is 0 Å². The van der Waals surface area contributed by atoms with Crippen LogP contribution in [-0.2, 0) is 23.1 Å². The number of sulfonamides is 1. The van der Waals surface area contributed by atoms with Gasteiger partial charge in [-0.1, -0.05) is 6.92 Å². The van der Waals surface area contributed by atoms with E-state index in [2.05, 4.69) is 21.8 Å². The molecular formula is C13H24N4O2S. The Bertz CT molecular complexity index is 518. The second-order valence-electron chi connectivity index (χ2n) is 5.35. The van der Waals surface area contributed by atoms with Gasteiger partial charge in [0.1, 0.15) is 5.82 Å². The molecule has 114 valence electrons. The molecule has 6 nitrogen and oxygen atoms in total. The summed E-state index contributed by atoms with van der Waals surface area (Å²) in [4.78, 5) is 4.37. The molecular weight excluding hydrogens is 276 g/mol. The van der Waals surface area contributed by atoms with Gasteiger partial charge in [0.25, 0.3) is 0 Å². The summed E-state index contributed by atoms with van der Waals surface area (Å²) >= 11 is 0. The van der Waals surface area contributed by atoms with Crippen LogP contribution in [0.4, 0.5) is 0 Å². The van der Waals surface area contributed by atoms with Crippen LogP contribution in [0.25, 0.3) is 0 Å². The molecule has 0 atom stereocenters. The molecule has 0 saturated carbocycles. The molecule has 1 aliphatic rings. The number of piperidine rings is 1. The van der Waals surface area contributed by atoms with E-state index in [9.17, 15) is 8.42 Å². The van der Waals surface area contributed by atoms with Gasteiger partial charge >= 0.3 is 0 Å².